The summed E-state index contributed by atoms with van der Waals surface area (Å²) in [6.45, 7) is 4.51. The van der Waals surface area contributed by atoms with Gasteiger partial charge in [0.05, 0.1) is 6.04 Å². The van der Waals surface area contributed by atoms with Gasteiger partial charge in [0.25, 0.3) is 0 Å². The van der Waals surface area contributed by atoms with Crippen LogP contribution in [0.25, 0.3) is 0 Å². The first-order chi connectivity index (χ1) is 8.74. The highest BCUT2D eigenvalue weighted by atomic mass is 16.2. The summed E-state index contributed by atoms with van der Waals surface area (Å²) in [5.41, 5.74) is 6.94. The molecule has 0 aromatic heterocycles. The molecule has 4 nitrogen and oxygen atoms in total. The zero-order valence-electron chi connectivity index (χ0n) is 11.0. The quantitative estimate of drug-likeness (QED) is 0.593. The van der Waals surface area contributed by atoms with E-state index in [4.69, 9.17) is 5.73 Å². The molecule has 0 aliphatic carbocycles. The number of hydrogen-bond acceptors (Lipinski definition) is 3. The van der Waals surface area contributed by atoms with Crippen LogP contribution in [0.5, 0.6) is 0 Å². The molecule has 4 N–H and O–H groups in total. The third-order valence-corrected chi connectivity index (χ3v) is 2.66. The summed E-state index contributed by atoms with van der Waals surface area (Å²) >= 11 is 0. The number of rotatable bonds is 8. The van der Waals surface area contributed by atoms with Crippen molar-refractivity contribution in [3.05, 3.63) is 35.9 Å². The normalized spacial score (nSPS) is 12.1. The fourth-order valence-corrected chi connectivity index (χ4v) is 1.67. The Morgan fingerprint density at radius 2 is 1.94 bits per heavy atom. The average Bonchev–Trinajstić information content (AvgIpc) is 2.39. The summed E-state index contributed by atoms with van der Waals surface area (Å²) in [5.74, 6) is -0.0860. The van der Waals surface area contributed by atoms with Gasteiger partial charge in [0.15, 0.2) is 0 Å². The van der Waals surface area contributed by atoms with Crippen LogP contribution in [-0.4, -0.2) is 31.6 Å². The van der Waals surface area contributed by atoms with Gasteiger partial charge in [0.1, 0.15) is 0 Å². The molecule has 0 saturated heterocycles. The molecule has 0 heterocycles. The molecule has 1 atom stereocenters. The monoisotopic (exact) mass is 249 g/mol. The van der Waals surface area contributed by atoms with E-state index in [9.17, 15) is 4.79 Å². The van der Waals surface area contributed by atoms with Gasteiger partial charge in [-0.15, -0.1) is 0 Å². The number of benzene rings is 1. The fourth-order valence-electron chi connectivity index (χ4n) is 1.67. The first kappa shape index (κ1) is 14.7. The van der Waals surface area contributed by atoms with E-state index in [1.807, 2.05) is 30.3 Å². The maximum atomic E-state index is 11.7. The Bertz CT molecular complexity index is 340. The molecule has 0 saturated carbocycles. The van der Waals surface area contributed by atoms with Crippen LogP contribution < -0.4 is 16.4 Å². The molecule has 1 unspecified atom stereocenters. The molecule has 100 valence electrons. The Morgan fingerprint density at radius 3 is 2.61 bits per heavy atom. The third-order valence-electron chi connectivity index (χ3n) is 2.66. The smallest absolute Gasteiger partial charge is 0.237 e. The van der Waals surface area contributed by atoms with Crippen molar-refractivity contribution in [1.82, 2.24) is 10.6 Å². The summed E-state index contributed by atoms with van der Waals surface area (Å²) in [6, 6.07) is 9.35. The van der Waals surface area contributed by atoms with E-state index in [2.05, 4.69) is 17.6 Å². The molecule has 0 radical (unpaired) electrons. The summed E-state index contributed by atoms with van der Waals surface area (Å²) in [4.78, 5) is 11.7. The third kappa shape index (κ3) is 5.80. The van der Waals surface area contributed by atoms with Crippen molar-refractivity contribution in [2.75, 3.05) is 19.6 Å². The Balaban J connectivity index is 2.21. The minimum atomic E-state index is -0.474. The van der Waals surface area contributed by atoms with Crippen LogP contribution in [0.1, 0.15) is 18.9 Å². The van der Waals surface area contributed by atoms with E-state index in [-0.39, 0.29) is 5.91 Å². The van der Waals surface area contributed by atoms with E-state index in [0.29, 0.717) is 13.0 Å². The van der Waals surface area contributed by atoms with E-state index < -0.39 is 6.04 Å². The van der Waals surface area contributed by atoms with E-state index >= 15 is 0 Å². The van der Waals surface area contributed by atoms with Gasteiger partial charge < -0.3 is 16.4 Å². The average molecular weight is 249 g/mol. The molecule has 0 bridgehead atoms. The number of hydrogen-bond donors (Lipinski definition) is 3. The van der Waals surface area contributed by atoms with Gasteiger partial charge in [-0.1, -0.05) is 37.3 Å². The minimum Gasteiger partial charge on any atom is -0.353 e. The zero-order chi connectivity index (χ0) is 13.2. The lowest BCUT2D eigenvalue weighted by atomic mass is 10.1. The second kappa shape index (κ2) is 8.66. The number of carbonyl (C=O) groups excluding carboxylic acids is 1. The molecule has 4 heteroatoms. The highest BCUT2D eigenvalue weighted by Gasteiger charge is 2.12. The lowest BCUT2D eigenvalue weighted by Crippen LogP contribution is -2.44. The van der Waals surface area contributed by atoms with Crippen molar-refractivity contribution in [3.63, 3.8) is 0 Å². The summed E-state index contributed by atoms with van der Waals surface area (Å²) in [7, 11) is 0. The number of nitrogens with one attached hydrogen (secondary N) is 2. The maximum absolute atomic E-state index is 11.7. The van der Waals surface area contributed by atoms with Crippen molar-refractivity contribution < 1.29 is 4.79 Å². The predicted molar refractivity (Wildman–Crippen MR) is 74.3 cm³/mol. The SMILES string of the molecule is CCCNCCNC(=O)C(N)Cc1ccccc1. The van der Waals surface area contributed by atoms with Crippen molar-refractivity contribution >= 4 is 5.91 Å². The van der Waals surface area contributed by atoms with E-state index in [1.54, 1.807) is 0 Å². The number of amides is 1. The van der Waals surface area contributed by atoms with Crippen molar-refractivity contribution in [3.8, 4) is 0 Å². The first-order valence-electron chi connectivity index (χ1n) is 6.52. The summed E-state index contributed by atoms with van der Waals surface area (Å²) in [6.07, 6.45) is 1.68. The maximum Gasteiger partial charge on any atom is 0.237 e. The van der Waals surface area contributed by atoms with Gasteiger partial charge in [0.2, 0.25) is 5.91 Å². The molecule has 1 aromatic rings. The van der Waals surface area contributed by atoms with Crippen LogP contribution in [0.3, 0.4) is 0 Å². The van der Waals surface area contributed by atoms with Crippen LogP contribution in [0, 0.1) is 0 Å². The topological polar surface area (TPSA) is 67.1 Å². The molecular weight excluding hydrogens is 226 g/mol. The Hall–Kier alpha value is -1.39. The summed E-state index contributed by atoms with van der Waals surface area (Å²) in [5, 5.41) is 6.06. The lowest BCUT2D eigenvalue weighted by Gasteiger charge is -2.12. The second-order valence-electron chi connectivity index (χ2n) is 4.34. The second-order valence-corrected chi connectivity index (χ2v) is 4.34. The van der Waals surface area contributed by atoms with Crippen LogP contribution in [0.2, 0.25) is 0 Å². The van der Waals surface area contributed by atoms with E-state index in [1.165, 1.54) is 0 Å². The van der Waals surface area contributed by atoms with Crippen LogP contribution in [-0.2, 0) is 11.2 Å². The molecule has 0 spiro atoms. The van der Waals surface area contributed by atoms with Crippen molar-refractivity contribution in [2.24, 2.45) is 5.73 Å². The summed E-state index contributed by atoms with van der Waals surface area (Å²) < 4.78 is 0. The van der Waals surface area contributed by atoms with Crippen molar-refractivity contribution in [2.45, 2.75) is 25.8 Å². The zero-order valence-corrected chi connectivity index (χ0v) is 11.0. The van der Waals surface area contributed by atoms with Gasteiger partial charge in [-0.2, -0.15) is 0 Å². The van der Waals surface area contributed by atoms with Gasteiger partial charge in [-0.3, -0.25) is 4.79 Å². The molecule has 0 fully saturated rings. The Morgan fingerprint density at radius 1 is 1.22 bits per heavy atom. The number of carbonyl (C=O) groups is 1. The van der Waals surface area contributed by atoms with E-state index in [0.717, 1.165) is 25.1 Å². The molecule has 18 heavy (non-hydrogen) atoms. The predicted octanol–water partition coefficient (Wildman–Crippen LogP) is 0.672. The fraction of sp³-hybridized carbons (Fsp3) is 0.500. The highest BCUT2D eigenvalue weighted by molar-refractivity contribution is 5.81. The highest BCUT2D eigenvalue weighted by Crippen LogP contribution is 2.01. The van der Waals surface area contributed by atoms with Gasteiger partial charge in [-0.05, 0) is 24.9 Å². The Labute approximate surface area is 109 Å². The molecular formula is C14H23N3O. The molecule has 1 rings (SSSR count). The van der Waals surface area contributed by atoms with Gasteiger partial charge in [-0.25, -0.2) is 0 Å². The first-order valence-corrected chi connectivity index (χ1v) is 6.52. The largest absolute Gasteiger partial charge is 0.353 e. The van der Waals surface area contributed by atoms with Crippen molar-refractivity contribution in [1.29, 1.82) is 0 Å². The van der Waals surface area contributed by atoms with Crippen LogP contribution in [0.15, 0.2) is 30.3 Å². The van der Waals surface area contributed by atoms with Gasteiger partial charge >= 0.3 is 0 Å². The molecule has 0 aliphatic heterocycles. The van der Waals surface area contributed by atoms with Crippen LogP contribution in [0.4, 0.5) is 0 Å². The number of nitrogens with two attached hydrogens (primary N) is 1. The molecule has 1 amide bonds. The molecule has 1 aromatic carbocycles. The minimum absolute atomic E-state index is 0.0860. The Kier molecular flexibility index (Phi) is 7.06. The van der Waals surface area contributed by atoms with Gasteiger partial charge in [0, 0.05) is 13.1 Å². The standard InChI is InChI=1S/C14H23N3O/c1-2-8-16-9-10-17-14(18)13(15)11-12-6-4-3-5-7-12/h3-7,13,16H,2,8-11,15H2,1H3,(H,17,18). The van der Waals surface area contributed by atoms with Crippen LogP contribution >= 0.6 is 0 Å². The molecule has 0 aliphatic rings. The lowest BCUT2D eigenvalue weighted by molar-refractivity contribution is -0.122.